The van der Waals surface area contributed by atoms with Gasteiger partial charge in [0.15, 0.2) is 12.0 Å². The summed E-state index contributed by atoms with van der Waals surface area (Å²) in [7, 11) is 3.31. The highest BCUT2D eigenvalue weighted by atomic mass is 127. The average Bonchev–Trinajstić information content (AvgIpc) is 3.12. The lowest BCUT2D eigenvalue weighted by molar-refractivity contribution is -0.651. The summed E-state index contributed by atoms with van der Waals surface area (Å²) >= 11 is 2.28. The Balaban J connectivity index is 1.72. The van der Waals surface area contributed by atoms with E-state index < -0.39 is 0 Å². The van der Waals surface area contributed by atoms with Gasteiger partial charge in [0, 0.05) is 11.6 Å². The van der Waals surface area contributed by atoms with Crippen LogP contribution in [0.15, 0.2) is 71.3 Å². The van der Waals surface area contributed by atoms with Crippen LogP contribution in [0.5, 0.6) is 5.75 Å². The third-order valence-electron chi connectivity index (χ3n) is 4.65. The first-order valence-corrected chi connectivity index (χ1v) is 10.1. The van der Waals surface area contributed by atoms with E-state index in [0.29, 0.717) is 12.2 Å². The van der Waals surface area contributed by atoms with Crippen molar-refractivity contribution in [2.24, 2.45) is 7.05 Å². The molecule has 0 aliphatic carbocycles. The van der Waals surface area contributed by atoms with E-state index in [0.717, 1.165) is 37.3 Å². The van der Waals surface area contributed by atoms with Crippen molar-refractivity contribution in [1.29, 1.82) is 0 Å². The number of aryl methyl sites for hydroxylation is 1. The third kappa shape index (κ3) is 3.85. The van der Waals surface area contributed by atoms with Crippen LogP contribution in [0.1, 0.15) is 15.9 Å². The van der Waals surface area contributed by atoms with Gasteiger partial charge in [0.05, 0.1) is 16.2 Å². The molecule has 5 nitrogen and oxygen atoms in total. The number of rotatable bonds is 5. The summed E-state index contributed by atoms with van der Waals surface area (Å²) in [5.41, 5.74) is 3.21. The van der Waals surface area contributed by atoms with Crippen molar-refractivity contribution < 1.29 is 23.3 Å². The van der Waals surface area contributed by atoms with Gasteiger partial charge in [-0.05, 0) is 40.3 Å². The zero-order valence-electron chi connectivity index (χ0n) is 16.0. The van der Waals surface area contributed by atoms with Gasteiger partial charge in [-0.3, -0.25) is 0 Å². The first-order valence-electron chi connectivity index (χ1n) is 9.04. The van der Waals surface area contributed by atoms with Gasteiger partial charge in [0.25, 0.3) is 0 Å². The summed E-state index contributed by atoms with van der Waals surface area (Å²) < 4.78 is 20.0. The number of carbonyl (C=O) groups is 1. The second-order valence-corrected chi connectivity index (χ2v) is 7.64. The smallest absolute Gasteiger partial charge is 0.385 e. The molecule has 0 saturated carbocycles. The van der Waals surface area contributed by atoms with E-state index in [1.165, 1.54) is 7.11 Å². The SMILES string of the molecule is COC(=O)c1ccc(-c2oc3c(c(OCc4ccccc4)cc[n+]3C)c2I)cc1. The van der Waals surface area contributed by atoms with Gasteiger partial charge < -0.3 is 13.9 Å². The molecule has 0 aliphatic heterocycles. The number of benzene rings is 2. The molecule has 6 heteroatoms. The fraction of sp³-hybridized carbons (Fsp3) is 0.130. The summed E-state index contributed by atoms with van der Waals surface area (Å²) in [5.74, 6) is 1.15. The Bertz CT molecular complexity index is 1170. The van der Waals surface area contributed by atoms with Gasteiger partial charge in [0.1, 0.15) is 24.8 Å². The van der Waals surface area contributed by atoms with Crippen LogP contribution in [0.4, 0.5) is 0 Å². The van der Waals surface area contributed by atoms with E-state index in [-0.39, 0.29) is 5.97 Å². The number of carbonyl (C=O) groups excluding carboxylic acids is 1. The number of fused-ring (bicyclic) bond motifs is 1. The van der Waals surface area contributed by atoms with Crippen molar-refractivity contribution in [3.63, 3.8) is 0 Å². The Labute approximate surface area is 182 Å². The minimum atomic E-state index is -0.362. The number of esters is 1. The van der Waals surface area contributed by atoms with Gasteiger partial charge in [0.2, 0.25) is 0 Å². The van der Waals surface area contributed by atoms with Crippen LogP contribution in [-0.4, -0.2) is 13.1 Å². The van der Waals surface area contributed by atoms with E-state index in [2.05, 4.69) is 22.6 Å². The summed E-state index contributed by atoms with van der Waals surface area (Å²) in [6.07, 6.45) is 1.92. The Morgan fingerprint density at radius 3 is 2.48 bits per heavy atom. The molecule has 146 valence electrons. The van der Waals surface area contributed by atoms with Gasteiger partial charge in [-0.1, -0.05) is 42.5 Å². The molecule has 0 bridgehead atoms. The monoisotopic (exact) mass is 500 g/mol. The minimum Gasteiger partial charge on any atom is -0.488 e. The molecule has 29 heavy (non-hydrogen) atoms. The molecule has 0 N–H and O–H groups in total. The quantitative estimate of drug-likeness (QED) is 0.223. The summed E-state index contributed by atoms with van der Waals surface area (Å²) in [6, 6.07) is 19.2. The molecule has 4 rings (SSSR count). The molecule has 0 saturated heterocycles. The number of aromatic nitrogens is 1. The van der Waals surface area contributed by atoms with Gasteiger partial charge in [-0.15, -0.1) is 0 Å². The van der Waals surface area contributed by atoms with Crippen LogP contribution in [-0.2, 0) is 18.4 Å². The lowest BCUT2D eigenvalue weighted by atomic mass is 10.1. The lowest BCUT2D eigenvalue weighted by Gasteiger charge is -2.06. The van der Waals surface area contributed by atoms with Crippen molar-refractivity contribution in [3.05, 3.63) is 81.6 Å². The first kappa shape index (κ1) is 19.4. The summed E-state index contributed by atoms with van der Waals surface area (Å²) in [6.45, 7) is 0.480. The number of ether oxygens (including phenoxy) is 2. The standard InChI is InChI=1S/C23H19INO4/c1-25-13-12-18(28-14-15-6-4-3-5-7-15)19-20(24)21(29-22(19)25)16-8-10-17(11-9-16)23(26)27-2/h3-13H,14H2,1-2H3/q+1. The number of halogens is 1. The summed E-state index contributed by atoms with van der Waals surface area (Å²) in [4.78, 5) is 11.7. The topological polar surface area (TPSA) is 52.6 Å². The summed E-state index contributed by atoms with van der Waals surface area (Å²) in [5, 5.41) is 0.929. The molecule has 2 aromatic carbocycles. The third-order valence-corrected chi connectivity index (χ3v) is 5.68. The van der Waals surface area contributed by atoms with Crippen LogP contribution in [0, 0.1) is 3.57 Å². The van der Waals surface area contributed by atoms with Crippen LogP contribution in [0.3, 0.4) is 0 Å². The molecule has 2 aromatic heterocycles. The van der Waals surface area contributed by atoms with Crippen molar-refractivity contribution in [2.45, 2.75) is 6.61 Å². The Hall–Kier alpha value is -2.87. The predicted octanol–water partition coefficient (Wildman–Crippen LogP) is 4.89. The predicted molar refractivity (Wildman–Crippen MR) is 118 cm³/mol. The molecule has 0 aliphatic rings. The zero-order valence-corrected chi connectivity index (χ0v) is 18.2. The van der Waals surface area contributed by atoms with E-state index >= 15 is 0 Å². The number of hydrogen-bond acceptors (Lipinski definition) is 4. The normalized spacial score (nSPS) is 10.9. The molecule has 0 fully saturated rings. The maximum atomic E-state index is 11.7. The van der Waals surface area contributed by atoms with Gasteiger partial charge in [-0.25, -0.2) is 4.79 Å². The number of furan rings is 1. The van der Waals surface area contributed by atoms with Gasteiger partial charge >= 0.3 is 11.7 Å². The number of hydrogen-bond donors (Lipinski definition) is 0. The van der Waals surface area contributed by atoms with E-state index in [1.54, 1.807) is 12.1 Å². The number of pyridine rings is 1. The van der Waals surface area contributed by atoms with Crippen LogP contribution in [0.2, 0.25) is 0 Å². The van der Waals surface area contributed by atoms with Crippen LogP contribution >= 0.6 is 22.6 Å². The highest BCUT2D eigenvalue weighted by molar-refractivity contribution is 14.1. The average molecular weight is 500 g/mol. The van der Waals surface area contributed by atoms with Crippen LogP contribution in [0.25, 0.3) is 22.4 Å². The molecular weight excluding hydrogens is 481 g/mol. The molecule has 0 unspecified atom stereocenters. The Morgan fingerprint density at radius 2 is 1.79 bits per heavy atom. The molecular formula is C23H19INO4+. The second kappa shape index (κ2) is 8.24. The van der Waals surface area contributed by atoms with E-state index in [9.17, 15) is 4.79 Å². The molecule has 0 spiro atoms. The fourth-order valence-electron chi connectivity index (χ4n) is 3.11. The fourth-order valence-corrected chi connectivity index (χ4v) is 4.03. The lowest BCUT2D eigenvalue weighted by Crippen LogP contribution is -2.27. The maximum absolute atomic E-state index is 11.7. The van der Waals surface area contributed by atoms with Crippen LogP contribution < -0.4 is 9.30 Å². The Kier molecular flexibility index (Phi) is 5.53. The molecule has 4 aromatic rings. The number of methoxy groups -OCH3 is 1. The van der Waals surface area contributed by atoms with Gasteiger partial charge in [-0.2, -0.15) is 4.57 Å². The van der Waals surface area contributed by atoms with E-state index in [4.69, 9.17) is 13.9 Å². The molecule has 2 heterocycles. The minimum absolute atomic E-state index is 0.362. The highest BCUT2D eigenvalue weighted by Crippen LogP contribution is 2.38. The molecule has 0 radical (unpaired) electrons. The van der Waals surface area contributed by atoms with Crippen molar-refractivity contribution in [3.8, 4) is 17.1 Å². The first-order chi connectivity index (χ1) is 14.1. The van der Waals surface area contributed by atoms with E-state index in [1.807, 2.05) is 66.3 Å². The largest absolute Gasteiger partial charge is 0.488 e. The molecule has 0 atom stereocenters. The Morgan fingerprint density at radius 1 is 1.07 bits per heavy atom. The highest BCUT2D eigenvalue weighted by Gasteiger charge is 2.24. The van der Waals surface area contributed by atoms with Crippen molar-refractivity contribution in [2.75, 3.05) is 7.11 Å². The second-order valence-electron chi connectivity index (χ2n) is 6.56. The number of nitrogens with zero attached hydrogens (tertiary/aromatic N) is 1. The van der Waals surface area contributed by atoms with Crippen molar-refractivity contribution in [1.82, 2.24) is 0 Å². The zero-order chi connectivity index (χ0) is 20.4. The van der Waals surface area contributed by atoms with Crippen molar-refractivity contribution >= 4 is 39.7 Å². The maximum Gasteiger partial charge on any atom is 0.385 e. The molecule has 0 amide bonds.